The van der Waals surface area contributed by atoms with Crippen molar-refractivity contribution in [2.45, 2.75) is 51.2 Å². The fraction of sp³-hybridized carbons (Fsp3) is 0.0909. The van der Waals surface area contributed by atoms with Crippen LogP contribution in [0.5, 0.6) is 0 Å². The number of fused-ring (bicyclic) bond motifs is 7. The van der Waals surface area contributed by atoms with Crippen LogP contribution in [0, 0.1) is 11.3 Å². The lowest BCUT2D eigenvalue weighted by atomic mass is 9.82. The zero-order valence-corrected chi connectivity index (χ0v) is 36.2. The lowest BCUT2D eigenvalue weighted by molar-refractivity contribution is 0.660. The molecular weight excluding hydrogens is 809 g/mol. The Kier molecular flexibility index (Phi) is 8.79. The maximum absolute atomic E-state index is 11.3. The van der Waals surface area contributed by atoms with Gasteiger partial charge in [-0.1, -0.05) is 147 Å². The highest BCUT2D eigenvalue weighted by atomic mass is 32.2. The number of rotatable bonds is 5. The first-order valence-corrected chi connectivity index (χ1v) is 22.8. The monoisotopic (exact) mass is 846 g/mol. The maximum Gasteiger partial charge on any atom is 0.165 e. The molecule has 8 heteroatoms. The van der Waals surface area contributed by atoms with Crippen LogP contribution in [0.4, 0.5) is 34.1 Å². The first kappa shape index (κ1) is 37.6. The number of benzene rings is 7. The van der Waals surface area contributed by atoms with Crippen LogP contribution >= 0.6 is 23.5 Å². The number of allylic oxidation sites excluding steroid dienone is 4. The summed E-state index contributed by atoms with van der Waals surface area (Å²) < 4.78 is 0. The van der Waals surface area contributed by atoms with Crippen molar-refractivity contribution in [3.63, 3.8) is 0 Å². The Hall–Kier alpha value is -7.18. The molecule has 3 heterocycles. The van der Waals surface area contributed by atoms with E-state index in [-0.39, 0.29) is 11.3 Å². The Labute approximate surface area is 375 Å². The van der Waals surface area contributed by atoms with E-state index in [1.165, 1.54) is 22.3 Å². The van der Waals surface area contributed by atoms with Gasteiger partial charge in [0.2, 0.25) is 0 Å². The number of hydrogen-bond donors (Lipinski definition) is 0. The van der Waals surface area contributed by atoms with Gasteiger partial charge < -0.3 is 9.80 Å². The van der Waals surface area contributed by atoms with Gasteiger partial charge in [-0.2, -0.15) is 5.26 Å². The van der Waals surface area contributed by atoms with Gasteiger partial charge in [-0.25, -0.2) is 15.0 Å². The number of hydrogen-bond acceptors (Lipinski definition) is 8. The highest BCUT2D eigenvalue weighted by molar-refractivity contribution is 8.00. The summed E-state index contributed by atoms with van der Waals surface area (Å²) in [6, 6.07) is 56.1. The predicted molar refractivity (Wildman–Crippen MR) is 256 cm³/mol. The van der Waals surface area contributed by atoms with Crippen LogP contribution in [0.3, 0.4) is 0 Å². The van der Waals surface area contributed by atoms with Crippen molar-refractivity contribution in [2.24, 2.45) is 0 Å². The zero-order valence-electron chi connectivity index (χ0n) is 34.5. The average Bonchev–Trinajstić information content (AvgIpc) is 3.57. The Bertz CT molecular complexity index is 3220. The topological polar surface area (TPSA) is 68.9 Å². The van der Waals surface area contributed by atoms with Crippen molar-refractivity contribution in [2.75, 3.05) is 9.80 Å². The molecule has 0 fully saturated rings. The van der Waals surface area contributed by atoms with Crippen molar-refractivity contribution < 1.29 is 0 Å². The largest absolute Gasteiger partial charge is 0.307 e. The third kappa shape index (κ3) is 6.06. The lowest BCUT2D eigenvalue weighted by Crippen LogP contribution is -2.19. The smallest absolute Gasteiger partial charge is 0.165 e. The number of anilines is 6. The fourth-order valence-corrected chi connectivity index (χ4v) is 11.7. The summed E-state index contributed by atoms with van der Waals surface area (Å²) in [6.07, 6.45) is 9.27. The molecule has 0 amide bonds. The molecule has 2 aliphatic carbocycles. The number of aromatic nitrogens is 3. The highest BCUT2D eigenvalue weighted by Gasteiger charge is 2.36. The second-order valence-corrected chi connectivity index (χ2v) is 18.8. The Balaban J connectivity index is 1.14. The maximum atomic E-state index is 11.3. The van der Waals surface area contributed by atoms with Gasteiger partial charge in [0.05, 0.1) is 39.7 Å². The van der Waals surface area contributed by atoms with Crippen LogP contribution in [-0.4, -0.2) is 15.0 Å². The van der Waals surface area contributed by atoms with Crippen LogP contribution < -0.4 is 9.80 Å². The number of para-hydroxylation sites is 4. The normalized spacial score (nSPS) is 16.0. The molecule has 0 N–H and O–H groups in total. The van der Waals surface area contributed by atoms with E-state index >= 15 is 0 Å². The molecule has 0 spiro atoms. The Morgan fingerprint density at radius 3 is 1.70 bits per heavy atom. The Morgan fingerprint density at radius 1 is 0.540 bits per heavy atom. The van der Waals surface area contributed by atoms with E-state index in [0.29, 0.717) is 23.0 Å². The van der Waals surface area contributed by atoms with E-state index in [9.17, 15) is 5.26 Å². The van der Waals surface area contributed by atoms with E-state index < -0.39 is 0 Å². The molecule has 7 aromatic carbocycles. The molecule has 1 unspecified atom stereocenters. The van der Waals surface area contributed by atoms with Gasteiger partial charge >= 0.3 is 0 Å². The van der Waals surface area contributed by atoms with Crippen LogP contribution in [0.1, 0.15) is 48.7 Å². The molecule has 0 bridgehead atoms. The second-order valence-electron chi connectivity index (χ2n) is 16.7. The quantitative estimate of drug-likeness (QED) is 0.170. The summed E-state index contributed by atoms with van der Waals surface area (Å²) in [7, 11) is 0. The lowest BCUT2D eigenvalue weighted by Gasteiger charge is -2.37. The molecule has 2 aliphatic heterocycles. The minimum atomic E-state index is -0.128. The minimum absolute atomic E-state index is 0.0468. The van der Waals surface area contributed by atoms with Crippen LogP contribution in [0.2, 0.25) is 0 Å². The first-order chi connectivity index (χ1) is 30.9. The predicted octanol–water partition coefficient (Wildman–Crippen LogP) is 14.9. The van der Waals surface area contributed by atoms with Crippen molar-refractivity contribution in [3.8, 4) is 40.0 Å². The van der Waals surface area contributed by atoms with E-state index in [0.717, 1.165) is 71.3 Å². The summed E-state index contributed by atoms with van der Waals surface area (Å²) in [4.78, 5) is 25.2. The van der Waals surface area contributed by atoms with Gasteiger partial charge in [-0.3, -0.25) is 0 Å². The molecule has 6 nitrogen and oxygen atoms in total. The van der Waals surface area contributed by atoms with E-state index in [1.54, 1.807) is 23.5 Å². The van der Waals surface area contributed by atoms with Gasteiger partial charge in [0.25, 0.3) is 0 Å². The third-order valence-corrected chi connectivity index (χ3v) is 14.9. The summed E-state index contributed by atoms with van der Waals surface area (Å²) in [5.41, 5.74) is 12.9. The molecule has 63 heavy (non-hydrogen) atoms. The number of nitrogens with zero attached hydrogens (tertiary/aromatic N) is 6. The molecule has 1 aromatic heterocycles. The van der Waals surface area contributed by atoms with Gasteiger partial charge in [-0.05, 0) is 95.4 Å². The SMILES string of the molecule is CC1(C)c2ccccc2-c2cc(-c3nc(-c4cc(C#N)c(N5c6ccccc6Sc6ccccc65)cc4N4c5ccccc5Sc5ccccc54)nc(C4C=CC=CC4)n3)ccc21. The summed E-state index contributed by atoms with van der Waals surface area (Å²) in [6.45, 7) is 4.60. The van der Waals surface area contributed by atoms with Gasteiger partial charge in [0.1, 0.15) is 11.9 Å². The van der Waals surface area contributed by atoms with E-state index in [1.807, 2.05) is 6.07 Å². The third-order valence-electron chi connectivity index (χ3n) is 12.6. The molecule has 12 rings (SSSR count). The first-order valence-electron chi connectivity index (χ1n) is 21.2. The molecule has 300 valence electrons. The van der Waals surface area contributed by atoms with Crippen LogP contribution in [0.15, 0.2) is 196 Å². The van der Waals surface area contributed by atoms with Gasteiger partial charge in [0, 0.05) is 42.0 Å². The molecule has 0 radical (unpaired) electrons. The van der Waals surface area contributed by atoms with Crippen LogP contribution in [0.25, 0.3) is 33.9 Å². The summed E-state index contributed by atoms with van der Waals surface area (Å²) >= 11 is 3.52. The molecule has 4 aliphatic rings. The van der Waals surface area contributed by atoms with Crippen molar-refractivity contribution in [1.29, 1.82) is 5.26 Å². The van der Waals surface area contributed by atoms with E-state index in [2.05, 4.69) is 200 Å². The standard InChI is InChI=1S/C55H38N6S2/c1-55(2)40-19-7-6-18-37(40)38-30-35(28-29-41(38)55)53-57-52(34-16-4-3-5-17-34)58-54(59-53)39-31-36(33-56)46(60-42-20-8-12-24-48(42)62-49-25-13-9-21-43(49)60)32-47(39)61-44-22-10-14-26-50(44)63-51-27-15-11-23-45(51)61/h3-16,18-32,34H,17H2,1-2H3. The van der Waals surface area contributed by atoms with Crippen LogP contribution in [-0.2, 0) is 5.41 Å². The molecule has 1 atom stereocenters. The summed E-state index contributed by atoms with van der Waals surface area (Å²) in [5.74, 6) is 1.76. The molecular formula is C55H38N6S2. The minimum Gasteiger partial charge on any atom is -0.307 e. The molecule has 0 saturated heterocycles. The number of nitriles is 1. The van der Waals surface area contributed by atoms with Gasteiger partial charge in [-0.15, -0.1) is 0 Å². The molecule has 0 saturated carbocycles. The van der Waals surface area contributed by atoms with E-state index in [4.69, 9.17) is 15.0 Å². The highest BCUT2D eigenvalue weighted by Crippen LogP contribution is 2.57. The average molecular weight is 847 g/mol. The van der Waals surface area contributed by atoms with Crippen molar-refractivity contribution >= 4 is 57.6 Å². The fourth-order valence-electron chi connectivity index (χ4n) is 9.58. The van der Waals surface area contributed by atoms with Crippen molar-refractivity contribution in [1.82, 2.24) is 15.0 Å². The zero-order chi connectivity index (χ0) is 42.2. The second kappa shape index (κ2) is 14.7. The summed E-state index contributed by atoms with van der Waals surface area (Å²) in [5, 5.41) is 11.3. The van der Waals surface area contributed by atoms with Gasteiger partial charge in [0.15, 0.2) is 11.6 Å². The molecule has 8 aromatic rings. The Morgan fingerprint density at radius 2 is 1.10 bits per heavy atom. The van der Waals surface area contributed by atoms with Crippen molar-refractivity contribution in [3.05, 3.63) is 198 Å².